The topological polar surface area (TPSA) is 112 Å². The molecular formula is C17H19ClN4O5. The third kappa shape index (κ3) is 4.25. The van der Waals surface area contributed by atoms with E-state index in [1.807, 2.05) is 6.92 Å². The van der Waals surface area contributed by atoms with Crippen LogP contribution in [0.5, 0.6) is 0 Å². The molecule has 144 valence electrons. The van der Waals surface area contributed by atoms with Gasteiger partial charge in [-0.1, -0.05) is 29.8 Å². The van der Waals surface area contributed by atoms with Crippen LogP contribution >= 0.6 is 11.6 Å². The van der Waals surface area contributed by atoms with Crippen LogP contribution in [0.3, 0.4) is 0 Å². The maximum Gasteiger partial charge on any atom is 0.361 e. The lowest BCUT2D eigenvalue weighted by atomic mass is 10.1. The molecule has 0 aliphatic rings. The predicted octanol–water partition coefficient (Wildman–Crippen LogP) is 2.40. The summed E-state index contributed by atoms with van der Waals surface area (Å²) in [5.41, 5.74) is 0.757. The lowest BCUT2D eigenvalue weighted by molar-refractivity contribution is -0.119. The molecule has 0 aliphatic carbocycles. The fraction of sp³-hybridized carbons (Fsp3) is 0.353. The van der Waals surface area contributed by atoms with Crippen molar-refractivity contribution in [3.8, 4) is 0 Å². The maximum absolute atomic E-state index is 12.8. The molecule has 0 spiro atoms. The Morgan fingerprint density at radius 2 is 1.89 bits per heavy atom. The Hall–Kier alpha value is -2.94. The Bertz CT molecular complexity index is 880. The summed E-state index contributed by atoms with van der Waals surface area (Å²) in [4.78, 5) is 36.8. The second-order valence-corrected chi connectivity index (χ2v) is 6.02. The smallest absolute Gasteiger partial charge is 0.361 e. The SMILES string of the molecule is CCC(C(=O)Nc1cc(Cl)ccc1C)n1nnc(C(=O)OC)c1C(=O)OC. The van der Waals surface area contributed by atoms with Gasteiger partial charge >= 0.3 is 11.9 Å². The van der Waals surface area contributed by atoms with Gasteiger partial charge in [-0.3, -0.25) is 4.79 Å². The normalized spacial score (nSPS) is 11.6. The second-order valence-electron chi connectivity index (χ2n) is 5.59. The van der Waals surface area contributed by atoms with E-state index in [0.717, 1.165) is 24.5 Å². The molecular weight excluding hydrogens is 376 g/mol. The first-order valence-corrected chi connectivity index (χ1v) is 8.40. The molecule has 2 aromatic rings. The first kappa shape index (κ1) is 20.4. The fourth-order valence-corrected chi connectivity index (χ4v) is 2.62. The van der Waals surface area contributed by atoms with E-state index < -0.39 is 23.9 Å². The van der Waals surface area contributed by atoms with Gasteiger partial charge in [0.2, 0.25) is 11.6 Å². The van der Waals surface area contributed by atoms with Gasteiger partial charge in [-0.25, -0.2) is 14.3 Å². The molecule has 1 unspecified atom stereocenters. The summed E-state index contributed by atoms with van der Waals surface area (Å²) >= 11 is 5.98. The van der Waals surface area contributed by atoms with E-state index in [1.165, 1.54) is 0 Å². The average Bonchev–Trinajstić information content (AvgIpc) is 3.08. The Kier molecular flexibility index (Phi) is 6.51. The summed E-state index contributed by atoms with van der Waals surface area (Å²) in [5, 5.41) is 10.7. The van der Waals surface area contributed by atoms with Crippen LogP contribution in [0.25, 0.3) is 0 Å². The number of carbonyl (C=O) groups is 3. The van der Waals surface area contributed by atoms with Crippen molar-refractivity contribution in [2.24, 2.45) is 0 Å². The van der Waals surface area contributed by atoms with Gasteiger partial charge in [0, 0.05) is 10.7 Å². The van der Waals surface area contributed by atoms with Crippen LogP contribution in [-0.2, 0) is 14.3 Å². The molecule has 9 nitrogen and oxygen atoms in total. The molecule has 1 amide bonds. The number of esters is 2. The number of amides is 1. The van der Waals surface area contributed by atoms with Crippen LogP contribution in [0.15, 0.2) is 18.2 Å². The number of rotatable bonds is 6. The number of hydrogen-bond acceptors (Lipinski definition) is 7. The van der Waals surface area contributed by atoms with Gasteiger partial charge < -0.3 is 14.8 Å². The molecule has 27 heavy (non-hydrogen) atoms. The number of ether oxygens (including phenoxy) is 2. The summed E-state index contributed by atoms with van der Waals surface area (Å²) < 4.78 is 10.4. The van der Waals surface area contributed by atoms with Crippen LogP contribution in [0.2, 0.25) is 5.02 Å². The zero-order valence-corrected chi connectivity index (χ0v) is 16.0. The number of nitrogens with one attached hydrogen (secondary N) is 1. The van der Waals surface area contributed by atoms with E-state index in [2.05, 4.69) is 20.4 Å². The summed E-state index contributed by atoms with van der Waals surface area (Å²) in [6.07, 6.45) is 0.277. The standard InChI is InChI=1S/C17H19ClN4O5/c1-5-12(15(23)19-11-8-10(18)7-6-9(11)2)22-14(17(25)27-4)13(20-21-22)16(24)26-3/h6-8,12H,5H2,1-4H3,(H,19,23). The van der Waals surface area contributed by atoms with Crippen molar-refractivity contribution in [3.63, 3.8) is 0 Å². The highest BCUT2D eigenvalue weighted by Gasteiger charge is 2.32. The molecule has 1 aromatic heterocycles. The zero-order chi connectivity index (χ0) is 20.1. The zero-order valence-electron chi connectivity index (χ0n) is 15.3. The fourth-order valence-electron chi connectivity index (χ4n) is 2.45. The summed E-state index contributed by atoms with van der Waals surface area (Å²) in [6.45, 7) is 3.55. The molecule has 0 fully saturated rings. The Morgan fingerprint density at radius 3 is 2.48 bits per heavy atom. The van der Waals surface area contributed by atoms with E-state index in [9.17, 15) is 14.4 Å². The van der Waals surface area contributed by atoms with Crippen LogP contribution in [0.1, 0.15) is 45.9 Å². The first-order valence-electron chi connectivity index (χ1n) is 8.02. The molecule has 0 radical (unpaired) electrons. The second kappa shape index (κ2) is 8.63. The van der Waals surface area contributed by atoms with Gasteiger partial charge in [-0.05, 0) is 31.0 Å². The Morgan fingerprint density at radius 1 is 1.22 bits per heavy atom. The minimum atomic E-state index is -0.914. The number of nitrogens with zero attached hydrogens (tertiary/aromatic N) is 3. The van der Waals surface area contributed by atoms with Crippen molar-refractivity contribution in [2.75, 3.05) is 19.5 Å². The molecule has 1 N–H and O–H groups in total. The highest BCUT2D eigenvalue weighted by molar-refractivity contribution is 6.31. The van der Waals surface area contributed by atoms with Crippen LogP contribution in [0.4, 0.5) is 5.69 Å². The van der Waals surface area contributed by atoms with Gasteiger partial charge in [0.05, 0.1) is 14.2 Å². The third-order valence-corrected chi connectivity index (χ3v) is 4.13. The minimum Gasteiger partial charge on any atom is -0.464 e. The van der Waals surface area contributed by atoms with E-state index in [4.69, 9.17) is 16.3 Å². The van der Waals surface area contributed by atoms with Crippen molar-refractivity contribution >= 4 is 35.1 Å². The maximum atomic E-state index is 12.8. The first-order chi connectivity index (χ1) is 12.8. The van der Waals surface area contributed by atoms with Gasteiger partial charge in [0.15, 0.2) is 5.69 Å². The van der Waals surface area contributed by atoms with E-state index in [-0.39, 0.29) is 17.8 Å². The molecule has 1 aromatic carbocycles. The number of halogens is 1. The summed E-state index contributed by atoms with van der Waals surface area (Å²) in [7, 11) is 2.30. The summed E-state index contributed by atoms with van der Waals surface area (Å²) in [5.74, 6) is -2.16. The minimum absolute atomic E-state index is 0.255. The lowest BCUT2D eigenvalue weighted by Gasteiger charge is -2.18. The van der Waals surface area contributed by atoms with Crippen LogP contribution in [0, 0.1) is 6.92 Å². The highest BCUT2D eigenvalue weighted by atomic mass is 35.5. The van der Waals surface area contributed by atoms with E-state index in [0.29, 0.717) is 10.7 Å². The van der Waals surface area contributed by atoms with Crippen molar-refractivity contribution in [1.82, 2.24) is 15.0 Å². The molecule has 0 saturated heterocycles. The van der Waals surface area contributed by atoms with E-state index >= 15 is 0 Å². The van der Waals surface area contributed by atoms with Gasteiger partial charge in [-0.15, -0.1) is 5.10 Å². The molecule has 0 saturated carbocycles. The van der Waals surface area contributed by atoms with Crippen LogP contribution in [-0.4, -0.2) is 47.1 Å². The molecule has 2 rings (SSSR count). The quantitative estimate of drug-likeness (QED) is 0.748. The van der Waals surface area contributed by atoms with Crippen molar-refractivity contribution in [2.45, 2.75) is 26.3 Å². The summed E-state index contributed by atoms with van der Waals surface area (Å²) in [6, 6.07) is 4.18. The predicted molar refractivity (Wildman–Crippen MR) is 96.8 cm³/mol. The monoisotopic (exact) mass is 394 g/mol. The Labute approximate surface area is 160 Å². The van der Waals surface area contributed by atoms with E-state index in [1.54, 1.807) is 25.1 Å². The molecule has 10 heteroatoms. The van der Waals surface area contributed by atoms with Gasteiger partial charge in [0.25, 0.3) is 0 Å². The van der Waals surface area contributed by atoms with Crippen LogP contribution < -0.4 is 5.32 Å². The van der Waals surface area contributed by atoms with Gasteiger partial charge in [-0.2, -0.15) is 0 Å². The number of anilines is 1. The number of hydrogen-bond donors (Lipinski definition) is 1. The average molecular weight is 395 g/mol. The van der Waals surface area contributed by atoms with Gasteiger partial charge in [0.1, 0.15) is 6.04 Å². The number of methoxy groups -OCH3 is 2. The molecule has 1 atom stereocenters. The number of carbonyl (C=O) groups excluding carboxylic acids is 3. The third-order valence-electron chi connectivity index (χ3n) is 3.89. The Balaban J connectivity index is 2.43. The highest BCUT2D eigenvalue weighted by Crippen LogP contribution is 2.23. The van der Waals surface area contributed by atoms with Crippen molar-refractivity contribution < 1.29 is 23.9 Å². The molecule has 1 heterocycles. The van der Waals surface area contributed by atoms with Crippen molar-refractivity contribution in [1.29, 1.82) is 0 Å². The number of aromatic nitrogens is 3. The largest absolute Gasteiger partial charge is 0.464 e. The molecule has 0 bridgehead atoms. The number of benzene rings is 1. The van der Waals surface area contributed by atoms with Crippen molar-refractivity contribution in [3.05, 3.63) is 40.2 Å². The molecule has 0 aliphatic heterocycles. The lowest BCUT2D eigenvalue weighted by Crippen LogP contribution is -2.29. The number of aryl methyl sites for hydroxylation is 1.